The number of terminal acetylenes is 1. The van der Waals surface area contributed by atoms with Crippen LogP contribution < -0.4 is 5.32 Å². The minimum absolute atomic E-state index is 0.0616. The number of nitrogens with zero attached hydrogens (tertiary/aromatic N) is 1. The second-order valence-corrected chi connectivity index (χ2v) is 2.99. The highest BCUT2D eigenvalue weighted by Crippen LogP contribution is 1.97. The number of aromatic nitrogens is 1. The molecule has 1 unspecified atom stereocenters. The summed E-state index contributed by atoms with van der Waals surface area (Å²) in [4.78, 5) is 26.0. The standard InChI is InChI=1S/C11H10N2O3/c1-2-5-9(11(15)16)13-10(14)8-6-3-4-7-12-8/h1,3-4,6-7,9H,5H2,(H,13,14)(H,15,16). The Morgan fingerprint density at radius 1 is 1.56 bits per heavy atom. The van der Waals surface area contributed by atoms with Crippen molar-refractivity contribution in [3.63, 3.8) is 0 Å². The van der Waals surface area contributed by atoms with Crippen LogP contribution in [-0.2, 0) is 4.79 Å². The predicted octanol–water partition coefficient (Wildman–Crippen LogP) is 0.288. The van der Waals surface area contributed by atoms with Gasteiger partial charge in [-0.25, -0.2) is 4.79 Å². The van der Waals surface area contributed by atoms with Gasteiger partial charge in [0.2, 0.25) is 0 Å². The molecule has 0 spiro atoms. The number of aliphatic carboxylic acids is 1. The molecule has 0 aromatic carbocycles. The zero-order valence-corrected chi connectivity index (χ0v) is 8.38. The van der Waals surface area contributed by atoms with Gasteiger partial charge in [0.1, 0.15) is 11.7 Å². The largest absolute Gasteiger partial charge is 0.480 e. The number of nitrogens with one attached hydrogen (secondary N) is 1. The molecule has 1 heterocycles. The number of carboxylic acids is 1. The molecule has 1 rings (SSSR count). The van der Waals surface area contributed by atoms with Crippen LogP contribution >= 0.6 is 0 Å². The van der Waals surface area contributed by atoms with Crippen molar-refractivity contribution in [3.8, 4) is 12.3 Å². The summed E-state index contributed by atoms with van der Waals surface area (Å²) in [7, 11) is 0. The molecule has 0 bridgehead atoms. The first-order valence-electron chi connectivity index (χ1n) is 4.53. The van der Waals surface area contributed by atoms with E-state index in [4.69, 9.17) is 11.5 Å². The van der Waals surface area contributed by atoms with Crippen molar-refractivity contribution in [2.24, 2.45) is 0 Å². The fraction of sp³-hybridized carbons (Fsp3) is 0.182. The molecule has 0 aliphatic heterocycles. The molecule has 16 heavy (non-hydrogen) atoms. The van der Waals surface area contributed by atoms with E-state index in [2.05, 4.69) is 16.2 Å². The van der Waals surface area contributed by atoms with E-state index in [1.807, 2.05) is 0 Å². The van der Waals surface area contributed by atoms with Gasteiger partial charge in [-0.3, -0.25) is 9.78 Å². The summed E-state index contributed by atoms with van der Waals surface area (Å²) in [5.41, 5.74) is 0.158. The molecule has 0 fully saturated rings. The van der Waals surface area contributed by atoms with E-state index in [-0.39, 0.29) is 12.1 Å². The highest BCUT2D eigenvalue weighted by molar-refractivity contribution is 5.94. The van der Waals surface area contributed by atoms with Crippen molar-refractivity contribution in [3.05, 3.63) is 30.1 Å². The third-order valence-electron chi connectivity index (χ3n) is 1.82. The predicted molar refractivity (Wildman–Crippen MR) is 56.6 cm³/mol. The molecule has 0 saturated heterocycles. The summed E-state index contributed by atoms with van der Waals surface area (Å²) < 4.78 is 0. The molecule has 0 saturated carbocycles. The monoisotopic (exact) mass is 218 g/mol. The molecule has 82 valence electrons. The van der Waals surface area contributed by atoms with Crippen LogP contribution in [0.1, 0.15) is 16.9 Å². The normalized spacial score (nSPS) is 11.2. The quantitative estimate of drug-likeness (QED) is 0.712. The number of hydrogen-bond acceptors (Lipinski definition) is 3. The fourth-order valence-electron chi connectivity index (χ4n) is 1.05. The first-order valence-corrected chi connectivity index (χ1v) is 4.53. The van der Waals surface area contributed by atoms with Crippen LogP contribution in [0.2, 0.25) is 0 Å². The molecule has 5 heteroatoms. The average Bonchev–Trinajstić information content (AvgIpc) is 2.29. The fourth-order valence-corrected chi connectivity index (χ4v) is 1.05. The van der Waals surface area contributed by atoms with Gasteiger partial charge in [-0.2, -0.15) is 0 Å². The number of hydrogen-bond donors (Lipinski definition) is 2. The van der Waals surface area contributed by atoms with Crippen LogP contribution in [0.15, 0.2) is 24.4 Å². The Labute approximate surface area is 92.5 Å². The van der Waals surface area contributed by atoms with Crippen molar-refractivity contribution in [2.75, 3.05) is 0 Å². The van der Waals surface area contributed by atoms with E-state index in [9.17, 15) is 9.59 Å². The number of pyridine rings is 1. The summed E-state index contributed by atoms with van der Waals surface area (Å²) in [6.45, 7) is 0. The van der Waals surface area contributed by atoms with Gasteiger partial charge in [0.15, 0.2) is 0 Å². The number of rotatable bonds is 4. The number of carbonyl (C=O) groups is 2. The van der Waals surface area contributed by atoms with E-state index >= 15 is 0 Å². The van der Waals surface area contributed by atoms with Crippen molar-refractivity contribution >= 4 is 11.9 Å². The Hall–Kier alpha value is -2.35. The third-order valence-corrected chi connectivity index (χ3v) is 1.82. The maximum atomic E-state index is 11.5. The SMILES string of the molecule is C#CCC(NC(=O)c1ccccn1)C(=O)O. The van der Waals surface area contributed by atoms with Crippen molar-refractivity contribution < 1.29 is 14.7 Å². The minimum Gasteiger partial charge on any atom is -0.480 e. The molecule has 5 nitrogen and oxygen atoms in total. The maximum Gasteiger partial charge on any atom is 0.327 e. The summed E-state index contributed by atoms with van der Waals surface area (Å²) in [6.07, 6.45) is 6.39. The van der Waals surface area contributed by atoms with Crippen LogP contribution in [0, 0.1) is 12.3 Å². The second-order valence-electron chi connectivity index (χ2n) is 2.99. The van der Waals surface area contributed by atoms with Gasteiger partial charge in [-0.05, 0) is 12.1 Å². The molecule has 1 aromatic heterocycles. The van der Waals surface area contributed by atoms with Gasteiger partial charge < -0.3 is 10.4 Å². The highest BCUT2D eigenvalue weighted by atomic mass is 16.4. The number of carboxylic acid groups (broad SMARTS) is 1. The first kappa shape index (κ1) is 11.7. The molecule has 0 aliphatic rings. The van der Waals surface area contributed by atoms with Gasteiger partial charge in [0.05, 0.1) is 0 Å². The minimum atomic E-state index is -1.16. The molecule has 0 radical (unpaired) electrons. The lowest BCUT2D eigenvalue weighted by molar-refractivity contribution is -0.139. The summed E-state index contributed by atoms with van der Waals surface area (Å²) in [5, 5.41) is 11.1. The Bertz CT molecular complexity index is 423. The van der Waals surface area contributed by atoms with E-state index in [1.165, 1.54) is 12.3 Å². The lowest BCUT2D eigenvalue weighted by Crippen LogP contribution is -2.40. The topological polar surface area (TPSA) is 79.3 Å². The van der Waals surface area contributed by atoms with Crippen molar-refractivity contribution in [1.29, 1.82) is 0 Å². The van der Waals surface area contributed by atoms with Crippen molar-refractivity contribution in [2.45, 2.75) is 12.5 Å². The lowest BCUT2D eigenvalue weighted by Gasteiger charge is -2.10. The van der Waals surface area contributed by atoms with Gasteiger partial charge in [-0.1, -0.05) is 6.07 Å². The van der Waals surface area contributed by atoms with E-state index in [1.54, 1.807) is 12.1 Å². The Morgan fingerprint density at radius 2 is 2.31 bits per heavy atom. The molecular weight excluding hydrogens is 208 g/mol. The Balaban J connectivity index is 2.70. The Kier molecular flexibility index (Phi) is 4.04. The molecule has 2 N–H and O–H groups in total. The number of carbonyl (C=O) groups excluding carboxylic acids is 1. The highest BCUT2D eigenvalue weighted by Gasteiger charge is 2.19. The van der Waals surface area contributed by atoms with Gasteiger partial charge in [-0.15, -0.1) is 12.3 Å². The smallest absolute Gasteiger partial charge is 0.327 e. The molecule has 0 aliphatic carbocycles. The van der Waals surface area contributed by atoms with Crippen LogP contribution in [0.4, 0.5) is 0 Å². The van der Waals surface area contributed by atoms with Gasteiger partial charge in [0, 0.05) is 12.6 Å². The van der Waals surface area contributed by atoms with Crippen LogP contribution in [-0.4, -0.2) is 28.0 Å². The zero-order valence-electron chi connectivity index (χ0n) is 8.38. The molecule has 1 aromatic rings. The summed E-state index contributed by atoms with van der Waals surface area (Å²) >= 11 is 0. The lowest BCUT2D eigenvalue weighted by atomic mass is 10.2. The average molecular weight is 218 g/mol. The van der Waals surface area contributed by atoms with Gasteiger partial charge >= 0.3 is 5.97 Å². The van der Waals surface area contributed by atoms with E-state index < -0.39 is 17.9 Å². The first-order chi connectivity index (χ1) is 7.65. The Morgan fingerprint density at radius 3 is 2.81 bits per heavy atom. The summed E-state index contributed by atoms with van der Waals surface area (Å²) in [5.74, 6) is 0.473. The molecule has 1 amide bonds. The number of amides is 1. The third kappa shape index (κ3) is 3.10. The maximum absolute atomic E-state index is 11.5. The second kappa shape index (κ2) is 5.51. The van der Waals surface area contributed by atoms with Gasteiger partial charge in [0.25, 0.3) is 5.91 Å². The molecule has 1 atom stereocenters. The van der Waals surface area contributed by atoms with Crippen molar-refractivity contribution in [1.82, 2.24) is 10.3 Å². The zero-order chi connectivity index (χ0) is 12.0. The van der Waals surface area contributed by atoms with Crippen LogP contribution in [0.25, 0.3) is 0 Å². The van der Waals surface area contributed by atoms with E-state index in [0.717, 1.165) is 0 Å². The van der Waals surface area contributed by atoms with E-state index in [0.29, 0.717) is 0 Å². The molecular formula is C11H10N2O3. The summed E-state index contributed by atoms with van der Waals surface area (Å²) in [6, 6.07) is 3.70. The van der Waals surface area contributed by atoms with Crippen LogP contribution in [0.5, 0.6) is 0 Å². The van der Waals surface area contributed by atoms with Crippen LogP contribution in [0.3, 0.4) is 0 Å².